The molecule has 15 aromatic rings. The molecule has 0 bridgehead atoms. The molecule has 68 heavy (non-hydrogen) atoms. The molecule has 0 radical (unpaired) electrons. The van der Waals surface area contributed by atoms with E-state index in [1.54, 1.807) is 22.7 Å². The number of halogens is 2. The minimum atomic E-state index is 0. The SMILES string of the molecule is Clc1nc(Br)nc2c1sc1ccccc12.[H-].[Na+].c1ccc2c(c1)[nH]c1ccccc12.c1ccc2c(c1)sc1c(-n3c4ccccc4c4ccccc43)nc(-n3c4ccccc4c4ccccc43)nc12. The first kappa shape index (κ1) is 42.9. The fourth-order valence-electron chi connectivity index (χ4n) is 9.44. The molecule has 0 aliphatic rings. The number of H-pyrrole nitrogens is 1. The topological polar surface area (TPSA) is 77.2 Å². The summed E-state index contributed by atoms with van der Waals surface area (Å²) >= 11 is 12.7. The summed E-state index contributed by atoms with van der Waals surface area (Å²) < 4.78 is 9.50. The van der Waals surface area contributed by atoms with Gasteiger partial charge in [0.05, 0.1) is 42.5 Å². The predicted octanol–water partition coefficient (Wildman–Crippen LogP) is 13.7. The number of aromatic amines is 1. The third-order valence-electron chi connectivity index (χ3n) is 12.3. The summed E-state index contributed by atoms with van der Waals surface area (Å²) in [6, 6.07) is 67.7. The Bertz CT molecular complexity index is 4270. The number of nitrogens with zero attached hydrogens (tertiary/aromatic N) is 6. The van der Waals surface area contributed by atoms with Gasteiger partial charge in [0.1, 0.15) is 0 Å². The van der Waals surface area contributed by atoms with E-state index < -0.39 is 0 Å². The van der Waals surface area contributed by atoms with Crippen LogP contribution in [0.5, 0.6) is 0 Å². The third kappa shape index (κ3) is 7.10. The Morgan fingerprint density at radius 1 is 0.412 bits per heavy atom. The zero-order valence-corrected chi connectivity index (χ0v) is 42.2. The second kappa shape index (κ2) is 17.6. The molecular weight excluding hydrogens is 973 g/mol. The average Bonchev–Trinajstić information content (AvgIpc) is 4.19. The van der Waals surface area contributed by atoms with E-state index in [1.807, 2.05) is 18.2 Å². The molecule has 0 saturated heterocycles. The summed E-state index contributed by atoms with van der Waals surface area (Å²) in [5.74, 6) is 1.59. The van der Waals surface area contributed by atoms with Gasteiger partial charge in [0, 0.05) is 63.5 Å². The Morgan fingerprint density at radius 2 is 0.794 bits per heavy atom. The minimum absolute atomic E-state index is 0. The Kier molecular flexibility index (Phi) is 11.1. The van der Waals surface area contributed by atoms with E-state index in [4.69, 9.17) is 21.6 Å². The molecule has 320 valence electrons. The summed E-state index contributed by atoms with van der Waals surface area (Å²) in [5.41, 5.74) is 8.82. The van der Waals surface area contributed by atoms with E-state index in [-0.39, 0.29) is 31.0 Å². The van der Waals surface area contributed by atoms with E-state index in [1.165, 1.54) is 52.8 Å². The van der Waals surface area contributed by atoms with Crippen molar-refractivity contribution < 1.29 is 31.0 Å². The smallest absolute Gasteiger partial charge is 1.00 e. The summed E-state index contributed by atoms with van der Waals surface area (Å²) in [5, 5.41) is 10.2. The number of nitrogens with one attached hydrogen (secondary N) is 1. The standard InChI is InChI=1S/C34H20N4S.C12H9N.C10H4BrClN2S.Na.H/c1-6-16-26-21(11-1)22-12-2-7-17-27(22)37(26)33-32-31(25-15-5-10-20-30(25)39-32)35-34(36-33)38-28-18-8-3-13-23(28)24-14-4-9-19-29(24)38;1-3-7-11-9(5-1)10-6-2-4-8-12(10)13-11;11-10-13-7-5-3-1-2-4-6(5)15-8(7)9(12)14-10;;/h1-20H;1-8,13H;1-4H;;/q;;;+1;-1. The Labute approximate surface area is 433 Å². The molecule has 0 atom stereocenters. The predicted molar refractivity (Wildman–Crippen MR) is 288 cm³/mol. The van der Waals surface area contributed by atoms with E-state index in [2.05, 4.69) is 216 Å². The first-order chi connectivity index (χ1) is 33.1. The van der Waals surface area contributed by atoms with Crippen LogP contribution in [0.2, 0.25) is 5.15 Å². The molecule has 0 aliphatic heterocycles. The number of fused-ring (bicyclic) bond motifs is 15. The molecule has 0 unspecified atom stereocenters. The molecule has 0 saturated carbocycles. The second-order valence-corrected chi connectivity index (χ2v) is 19.3. The second-order valence-electron chi connectivity index (χ2n) is 16.1. The summed E-state index contributed by atoms with van der Waals surface area (Å²) in [6.45, 7) is 0. The van der Waals surface area contributed by atoms with Crippen molar-refractivity contribution >= 4 is 156 Å². The number of aromatic nitrogens is 7. The number of para-hydroxylation sites is 6. The fourth-order valence-corrected chi connectivity index (χ4v) is 12.3. The van der Waals surface area contributed by atoms with Crippen molar-refractivity contribution in [3.05, 3.63) is 204 Å². The van der Waals surface area contributed by atoms with Crippen LogP contribution in [-0.4, -0.2) is 34.1 Å². The quantitative estimate of drug-likeness (QED) is 0.106. The molecule has 12 heteroatoms. The molecule has 15 rings (SSSR count). The van der Waals surface area contributed by atoms with Crippen LogP contribution in [0.1, 0.15) is 1.43 Å². The number of hydrogen-bond donors (Lipinski definition) is 1. The van der Waals surface area contributed by atoms with Gasteiger partial charge < -0.3 is 6.41 Å². The van der Waals surface area contributed by atoms with Crippen LogP contribution in [0, 0.1) is 0 Å². The van der Waals surface area contributed by atoms with Gasteiger partial charge in [0.2, 0.25) is 5.95 Å². The largest absolute Gasteiger partial charge is 1.00 e. The first-order valence-corrected chi connectivity index (χ1v) is 24.5. The normalized spacial score (nSPS) is 11.6. The van der Waals surface area contributed by atoms with Gasteiger partial charge in [-0.05, 0) is 64.5 Å². The van der Waals surface area contributed by atoms with Crippen LogP contribution in [0.4, 0.5) is 0 Å². The Hall–Kier alpha value is -6.47. The summed E-state index contributed by atoms with van der Waals surface area (Å²) in [7, 11) is 0. The van der Waals surface area contributed by atoms with Crippen molar-refractivity contribution in [1.29, 1.82) is 0 Å². The van der Waals surface area contributed by atoms with Gasteiger partial charge in [-0.1, -0.05) is 157 Å². The molecule has 0 fully saturated rings. The summed E-state index contributed by atoms with van der Waals surface area (Å²) in [6.07, 6.45) is 0. The number of thiophene rings is 2. The van der Waals surface area contributed by atoms with E-state index in [9.17, 15) is 0 Å². The maximum Gasteiger partial charge on any atom is 1.00 e. The van der Waals surface area contributed by atoms with Crippen molar-refractivity contribution in [3.8, 4) is 11.8 Å². The third-order valence-corrected chi connectivity index (χ3v) is 15.4. The number of benzene rings is 8. The minimum Gasteiger partial charge on any atom is -1.00 e. The van der Waals surface area contributed by atoms with Crippen LogP contribution in [0.3, 0.4) is 0 Å². The van der Waals surface area contributed by atoms with Crippen LogP contribution in [0.15, 0.2) is 199 Å². The Balaban J connectivity index is 0.000000141. The van der Waals surface area contributed by atoms with Crippen LogP contribution >= 0.6 is 50.2 Å². The van der Waals surface area contributed by atoms with Crippen molar-refractivity contribution in [2.75, 3.05) is 0 Å². The van der Waals surface area contributed by atoms with Gasteiger partial charge in [0.15, 0.2) is 15.7 Å². The summed E-state index contributed by atoms with van der Waals surface area (Å²) in [4.78, 5) is 22.5. The van der Waals surface area contributed by atoms with Gasteiger partial charge in [0.25, 0.3) is 0 Å². The van der Waals surface area contributed by atoms with Gasteiger partial charge in [-0.25, -0.2) is 15.0 Å². The van der Waals surface area contributed by atoms with Gasteiger partial charge in [-0.2, -0.15) is 4.98 Å². The van der Waals surface area contributed by atoms with E-state index >= 15 is 0 Å². The van der Waals surface area contributed by atoms with Crippen molar-refractivity contribution in [1.82, 2.24) is 34.1 Å². The molecule has 7 heterocycles. The van der Waals surface area contributed by atoms with Crippen LogP contribution in [0.25, 0.3) is 118 Å². The van der Waals surface area contributed by atoms with Crippen molar-refractivity contribution in [2.45, 2.75) is 0 Å². The average molecular weight is 1010 g/mol. The first-order valence-electron chi connectivity index (χ1n) is 21.7. The molecule has 0 spiro atoms. The molecular formula is C56H34BrClN7NaS2. The molecule has 7 aromatic heterocycles. The van der Waals surface area contributed by atoms with E-state index in [0.717, 1.165) is 59.1 Å². The molecule has 8 aromatic carbocycles. The number of rotatable bonds is 2. The van der Waals surface area contributed by atoms with Crippen LogP contribution in [-0.2, 0) is 0 Å². The maximum absolute atomic E-state index is 6.06. The van der Waals surface area contributed by atoms with E-state index in [0.29, 0.717) is 15.8 Å². The van der Waals surface area contributed by atoms with Gasteiger partial charge in [-0.15, -0.1) is 22.7 Å². The van der Waals surface area contributed by atoms with Gasteiger partial charge in [-0.3, -0.25) is 9.13 Å². The maximum atomic E-state index is 6.06. The molecule has 0 aliphatic carbocycles. The Morgan fingerprint density at radius 3 is 1.29 bits per heavy atom. The molecule has 7 nitrogen and oxygen atoms in total. The zero-order chi connectivity index (χ0) is 44.6. The van der Waals surface area contributed by atoms with Gasteiger partial charge >= 0.3 is 29.6 Å². The zero-order valence-electron chi connectivity index (χ0n) is 37.2. The van der Waals surface area contributed by atoms with Crippen molar-refractivity contribution in [3.63, 3.8) is 0 Å². The van der Waals surface area contributed by atoms with Crippen molar-refractivity contribution in [2.24, 2.45) is 0 Å². The fraction of sp³-hybridized carbons (Fsp3) is 0. The monoisotopic (exact) mass is 1010 g/mol. The number of hydrogen-bond acceptors (Lipinski definition) is 6. The van der Waals surface area contributed by atoms with Crippen LogP contribution < -0.4 is 29.6 Å². The molecule has 1 N–H and O–H groups in total. The molecule has 0 amide bonds.